The predicted molar refractivity (Wildman–Crippen MR) is 58.1 cm³/mol. The van der Waals surface area contributed by atoms with Gasteiger partial charge in [-0.1, -0.05) is 0 Å². The lowest BCUT2D eigenvalue weighted by molar-refractivity contribution is -0.141. The van der Waals surface area contributed by atoms with Crippen molar-refractivity contribution in [1.82, 2.24) is 9.80 Å². The molecule has 0 aromatic carbocycles. The van der Waals surface area contributed by atoms with Crippen LogP contribution in [0.3, 0.4) is 0 Å². The third-order valence-electron chi connectivity index (χ3n) is 3.36. The minimum absolute atomic E-state index is 0.0179. The first-order chi connectivity index (χ1) is 7.58. The first-order valence-corrected chi connectivity index (χ1v) is 5.80. The quantitative estimate of drug-likeness (QED) is 0.776. The Bertz CT molecular complexity index is 302. The van der Waals surface area contributed by atoms with Gasteiger partial charge in [-0.25, -0.2) is 4.79 Å². The van der Waals surface area contributed by atoms with E-state index < -0.39 is 5.97 Å². The summed E-state index contributed by atoms with van der Waals surface area (Å²) in [6.07, 6.45) is 3.02. The van der Waals surface area contributed by atoms with E-state index in [1.807, 2.05) is 0 Å². The van der Waals surface area contributed by atoms with Crippen LogP contribution in [0.2, 0.25) is 0 Å². The zero-order chi connectivity index (χ0) is 11.7. The molecule has 1 saturated carbocycles. The van der Waals surface area contributed by atoms with Crippen LogP contribution in [0.1, 0.15) is 19.3 Å². The standard InChI is InChI=1S/C11H18N2O3/c1-12(6-8-2-3-8)11(16)13-5-4-9(7-13)10(14)15/h8-9H,2-7H2,1H3,(H,14,15). The van der Waals surface area contributed by atoms with Gasteiger partial charge < -0.3 is 14.9 Å². The molecule has 0 bridgehead atoms. The van der Waals surface area contributed by atoms with Crippen LogP contribution in [0, 0.1) is 11.8 Å². The molecule has 1 atom stereocenters. The van der Waals surface area contributed by atoms with Crippen molar-refractivity contribution in [2.75, 3.05) is 26.7 Å². The van der Waals surface area contributed by atoms with E-state index >= 15 is 0 Å². The molecule has 0 aromatic heterocycles. The van der Waals surface area contributed by atoms with Crippen LogP contribution in [0.25, 0.3) is 0 Å². The Balaban J connectivity index is 1.83. The topological polar surface area (TPSA) is 60.9 Å². The number of carboxylic acids is 1. The highest BCUT2D eigenvalue weighted by Gasteiger charge is 2.33. The number of carbonyl (C=O) groups is 2. The number of carbonyl (C=O) groups excluding carboxylic acids is 1. The van der Waals surface area contributed by atoms with E-state index in [2.05, 4.69) is 0 Å². The largest absolute Gasteiger partial charge is 0.481 e. The maximum atomic E-state index is 11.9. The van der Waals surface area contributed by atoms with Crippen LogP contribution >= 0.6 is 0 Å². The Morgan fingerprint density at radius 1 is 1.38 bits per heavy atom. The summed E-state index contributed by atoms with van der Waals surface area (Å²) in [6, 6.07) is -0.0179. The molecule has 0 radical (unpaired) electrons. The molecule has 1 heterocycles. The van der Waals surface area contributed by atoms with Crippen molar-refractivity contribution in [3.8, 4) is 0 Å². The van der Waals surface area contributed by atoms with Crippen molar-refractivity contribution in [1.29, 1.82) is 0 Å². The molecule has 16 heavy (non-hydrogen) atoms. The number of nitrogens with zero attached hydrogens (tertiary/aromatic N) is 2. The van der Waals surface area contributed by atoms with Crippen LogP contribution in [-0.4, -0.2) is 53.6 Å². The average molecular weight is 226 g/mol. The molecule has 1 aliphatic heterocycles. The van der Waals surface area contributed by atoms with E-state index in [0.29, 0.717) is 25.4 Å². The molecule has 1 aliphatic carbocycles. The van der Waals surface area contributed by atoms with E-state index in [9.17, 15) is 9.59 Å². The summed E-state index contributed by atoms with van der Waals surface area (Å²) in [5, 5.41) is 8.86. The van der Waals surface area contributed by atoms with Crippen LogP contribution in [0.15, 0.2) is 0 Å². The van der Waals surface area contributed by atoms with Gasteiger partial charge in [0.05, 0.1) is 5.92 Å². The zero-order valence-electron chi connectivity index (χ0n) is 9.56. The van der Waals surface area contributed by atoms with E-state index in [1.54, 1.807) is 16.8 Å². The highest BCUT2D eigenvalue weighted by molar-refractivity contribution is 5.77. The van der Waals surface area contributed by atoms with Gasteiger partial charge in [0.25, 0.3) is 0 Å². The molecule has 5 nitrogen and oxygen atoms in total. The Labute approximate surface area is 95.0 Å². The normalized spacial score (nSPS) is 24.6. The number of urea groups is 1. The van der Waals surface area contributed by atoms with Crippen molar-refractivity contribution in [3.05, 3.63) is 0 Å². The molecule has 90 valence electrons. The smallest absolute Gasteiger partial charge is 0.319 e. The van der Waals surface area contributed by atoms with E-state index in [-0.39, 0.29) is 11.9 Å². The summed E-state index contributed by atoms with van der Waals surface area (Å²) in [7, 11) is 1.80. The van der Waals surface area contributed by atoms with Gasteiger partial charge in [0.2, 0.25) is 0 Å². The van der Waals surface area contributed by atoms with Gasteiger partial charge in [0.1, 0.15) is 0 Å². The summed E-state index contributed by atoms with van der Waals surface area (Å²) in [4.78, 5) is 26.1. The number of rotatable bonds is 3. The van der Waals surface area contributed by atoms with Crippen LogP contribution < -0.4 is 0 Å². The fraction of sp³-hybridized carbons (Fsp3) is 0.818. The molecular weight excluding hydrogens is 208 g/mol. The third-order valence-corrected chi connectivity index (χ3v) is 3.36. The van der Waals surface area contributed by atoms with E-state index in [4.69, 9.17) is 5.11 Å². The second-order valence-corrected chi connectivity index (χ2v) is 4.88. The van der Waals surface area contributed by atoms with Gasteiger partial charge in [0, 0.05) is 26.7 Å². The van der Waals surface area contributed by atoms with Crippen LogP contribution in [-0.2, 0) is 4.79 Å². The lowest BCUT2D eigenvalue weighted by Gasteiger charge is -2.24. The number of carboxylic acid groups (broad SMARTS) is 1. The molecular formula is C11H18N2O3. The van der Waals surface area contributed by atoms with Gasteiger partial charge in [0.15, 0.2) is 0 Å². The maximum absolute atomic E-state index is 11.9. The maximum Gasteiger partial charge on any atom is 0.319 e. The lowest BCUT2D eigenvalue weighted by Crippen LogP contribution is -2.41. The fourth-order valence-electron chi connectivity index (χ4n) is 2.14. The summed E-state index contributed by atoms with van der Waals surface area (Å²) in [5.41, 5.74) is 0. The number of likely N-dealkylation sites (tertiary alicyclic amines) is 1. The van der Waals surface area contributed by atoms with Crippen LogP contribution in [0.5, 0.6) is 0 Å². The number of hydrogen-bond donors (Lipinski definition) is 1. The van der Waals surface area contributed by atoms with Gasteiger partial charge in [-0.3, -0.25) is 4.79 Å². The SMILES string of the molecule is CN(CC1CC1)C(=O)N1CCC(C(=O)O)C1. The Hall–Kier alpha value is -1.26. The van der Waals surface area contributed by atoms with E-state index in [1.165, 1.54) is 12.8 Å². The minimum atomic E-state index is -0.792. The van der Waals surface area contributed by atoms with Gasteiger partial charge in [-0.15, -0.1) is 0 Å². The van der Waals surface area contributed by atoms with Crippen molar-refractivity contribution in [2.45, 2.75) is 19.3 Å². The second kappa shape index (κ2) is 4.31. The fourth-order valence-corrected chi connectivity index (χ4v) is 2.14. The van der Waals surface area contributed by atoms with Gasteiger partial charge in [-0.05, 0) is 25.2 Å². The molecule has 5 heteroatoms. The molecule has 2 amide bonds. The van der Waals surface area contributed by atoms with Crippen molar-refractivity contribution < 1.29 is 14.7 Å². The molecule has 1 saturated heterocycles. The number of amides is 2. The van der Waals surface area contributed by atoms with Crippen LogP contribution in [0.4, 0.5) is 4.79 Å². The van der Waals surface area contributed by atoms with Gasteiger partial charge >= 0.3 is 12.0 Å². The number of aliphatic carboxylic acids is 1. The van der Waals surface area contributed by atoms with Crippen molar-refractivity contribution in [3.63, 3.8) is 0 Å². The molecule has 2 aliphatic rings. The predicted octanol–water partition coefficient (Wildman–Crippen LogP) is 0.855. The first-order valence-electron chi connectivity index (χ1n) is 5.80. The summed E-state index contributed by atoms with van der Waals surface area (Å²) < 4.78 is 0. The number of hydrogen-bond acceptors (Lipinski definition) is 2. The Morgan fingerprint density at radius 3 is 2.56 bits per heavy atom. The summed E-state index contributed by atoms with van der Waals surface area (Å²) >= 11 is 0. The first kappa shape index (κ1) is 11.2. The van der Waals surface area contributed by atoms with Crippen molar-refractivity contribution >= 4 is 12.0 Å². The summed E-state index contributed by atoms with van der Waals surface area (Å²) in [6.45, 7) is 1.75. The minimum Gasteiger partial charge on any atom is -0.481 e. The van der Waals surface area contributed by atoms with Crippen molar-refractivity contribution in [2.24, 2.45) is 11.8 Å². The third kappa shape index (κ3) is 2.46. The molecule has 2 fully saturated rings. The highest BCUT2D eigenvalue weighted by Crippen LogP contribution is 2.29. The highest BCUT2D eigenvalue weighted by atomic mass is 16.4. The van der Waals surface area contributed by atoms with Gasteiger partial charge in [-0.2, -0.15) is 0 Å². The lowest BCUT2D eigenvalue weighted by atomic mass is 10.1. The average Bonchev–Trinajstić information content (AvgIpc) is 2.91. The zero-order valence-corrected chi connectivity index (χ0v) is 9.56. The molecule has 1 unspecified atom stereocenters. The summed E-state index contributed by atoms with van der Waals surface area (Å²) in [5.74, 6) is -0.495. The molecule has 0 aromatic rings. The monoisotopic (exact) mass is 226 g/mol. The van der Waals surface area contributed by atoms with E-state index in [0.717, 1.165) is 6.54 Å². The Morgan fingerprint density at radius 2 is 2.06 bits per heavy atom. The second-order valence-electron chi connectivity index (χ2n) is 4.88. The molecule has 2 rings (SSSR count). The Kier molecular flexibility index (Phi) is 3.03. The molecule has 1 N–H and O–H groups in total. The molecule has 0 spiro atoms.